The van der Waals surface area contributed by atoms with E-state index in [4.69, 9.17) is 0 Å². The second-order valence-corrected chi connectivity index (χ2v) is 13.6. The van der Waals surface area contributed by atoms with E-state index in [1.165, 1.54) is 64.2 Å². The third-order valence-corrected chi connectivity index (χ3v) is 11.6. The average molecular weight is 444 g/mol. The van der Waals surface area contributed by atoms with E-state index in [9.17, 15) is 4.79 Å². The number of hydrogen-bond acceptors (Lipinski definition) is 1. The van der Waals surface area contributed by atoms with E-state index in [1.807, 2.05) is 0 Å². The molecule has 4 fully saturated rings. The molecule has 0 saturated heterocycles. The predicted molar refractivity (Wildman–Crippen MR) is 135 cm³/mol. The molecule has 1 amide bonds. The molecule has 0 aromatic heterocycles. The predicted octanol–water partition coefficient (Wildman–Crippen LogP) is 7.86. The first-order valence-electron chi connectivity index (χ1n) is 14.5. The molecule has 0 spiro atoms. The van der Waals surface area contributed by atoms with Crippen molar-refractivity contribution in [2.75, 3.05) is 6.54 Å². The Labute approximate surface area is 199 Å². The molecule has 1 N–H and O–H groups in total. The van der Waals surface area contributed by atoms with Crippen LogP contribution in [0.5, 0.6) is 0 Å². The summed E-state index contributed by atoms with van der Waals surface area (Å²) in [4.78, 5) is 12.6. The zero-order chi connectivity index (χ0) is 23.1. The summed E-state index contributed by atoms with van der Waals surface area (Å²) >= 11 is 0. The SMILES string of the molecule is CCNC(=O)C1CCC2(C)C(CCC3C2CCC2(C)C(C(C)CCCC(C)C)CCC32)C1. The number of hydrogen-bond donors (Lipinski definition) is 1. The van der Waals surface area contributed by atoms with Crippen LogP contribution in [0.15, 0.2) is 0 Å². The first-order valence-corrected chi connectivity index (χ1v) is 14.5. The molecule has 0 aromatic rings. The van der Waals surface area contributed by atoms with Crippen molar-refractivity contribution in [3.8, 4) is 0 Å². The van der Waals surface area contributed by atoms with Crippen LogP contribution in [-0.2, 0) is 4.79 Å². The molecule has 2 nitrogen and oxygen atoms in total. The molecule has 184 valence electrons. The third kappa shape index (κ3) is 4.31. The fourth-order valence-corrected chi connectivity index (χ4v) is 9.84. The van der Waals surface area contributed by atoms with Crippen LogP contribution in [0, 0.1) is 58.2 Å². The van der Waals surface area contributed by atoms with E-state index in [0.717, 1.165) is 60.8 Å². The van der Waals surface area contributed by atoms with Crippen LogP contribution >= 0.6 is 0 Å². The Balaban J connectivity index is 1.43. The quantitative estimate of drug-likeness (QED) is 0.426. The highest BCUT2D eigenvalue weighted by Crippen LogP contribution is 2.68. The van der Waals surface area contributed by atoms with Crippen LogP contribution in [-0.4, -0.2) is 12.5 Å². The molecular formula is C30H53NO. The largest absolute Gasteiger partial charge is 0.356 e. The number of nitrogens with one attached hydrogen (secondary N) is 1. The van der Waals surface area contributed by atoms with Crippen molar-refractivity contribution in [1.82, 2.24) is 5.32 Å². The summed E-state index contributed by atoms with van der Waals surface area (Å²) in [7, 11) is 0. The van der Waals surface area contributed by atoms with E-state index in [0.29, 0.717) is 16.7 Å². The lowest BCUT2D eigenvalue weighted by Crippen LogP contribution is -2.54. The molecule has 0 radical (unpaired) electrons. The molecular weight excluding hydrogens is 390 g/mol. The van der Waals surface area contributed by atoms with Gasteiger partial charge in [-0.25, -0.2) is 0 Å². The Morgan fingerprint density at radius 3 is 2.34 bits per heavy atom. The van der Waals surface area contributed by atoms with Gasteiger partial charge in [-0.2, -0.15) is 0 Å². The van der Waals surface area contributed by atoms with Gasteiger partial charge in [0, 0.05) is 12.5 Å². The van der Waals surface area contributed by atoms with Gasteiger partial charge in [0.25, 0.3) is 0 Å². The molecule has 0 heterocycles. The number of carbonyl (C=O) groups excluding carboxylic acids is 1. The monoisotopic (exact) mass is 443 g/mol. The second kappa shape index (κ2) is 9.61. The molecule has 32 heavy (non-hydrogen) atoms. The van der Waals surface area contributed by atoms with Gasteiger partial charge in [-0.15, -0.1) is 0 Å². The molecule has 2 heteroatoms. The zero-order valence-corrected chi connectivity index (χ0v) is 22.2. The first kappa shape index (κ1) is 24.6. The van der Waals surface area contributed by atoms with E-state index < -0.39 is 0 Å². The van der Waals surface area contributed by atoms with Crippen molar-refractivity contribution in [3.05, 3.63) is 0 Å². The van der Waals surface area contributed by atoms with Crippen molar-refractivity contribution in [3.63, 3.8) is 0 Å². The Kier molecular flexibility index (Phi) is 7.39. The Morgan fingerprint density at radius 1 is 0.906 bits per heavy atom. The van der Waals surface area contributed by atoms with E-state index in [1.54, 1.807) is 0 Å². The van der Waals surface area contributed by atoms with Crippen molar-refractivity contribution >= 4 is 5.91 Å². The number of carbonyl (C=O) groups is 1. The molecule has 9 unspecified atom stereocenters. The van der Waals surface area contributed by atoms with Gasteiger partial charge in [0.15, 0.2) is 0 Å². The van der Waals surface area contributed by atoms with Crippen molar-refractivity contribution in [2.45, 2.75) is 119 Å². The first-order chi connectivity index (χ1) is 15.2. The normalized spacial score (nSPS) is 44.5. The summed E-state index contributed by atoms with van der Waals surface area (Å²) in [6, 6.07) is 0. The topological polar surface area (TPSA) is 29.1 Å². The van der Waals surface area contributed by atoms with Crippen LogP contribution in [0.3, 0.4) is 0 Å². The molecule has 4 aliphatic carbocycles. The maximum atomic E-state index is 12.6. The lowest BCUT2D eigenvalue weighted by Gasteiger charge is -2.61. The lowest BCUT2D eigenvalue weighted by molar-refractivity contribution is -0.138. The van der Waals surface area contributed by atoms with Crippen LogP contribution in [0.4, 0.5) is 0 Å². The standard InChI is InChI=1S/C30H53NO/c1-7-31-28(32)22-15-17-29(5)23(19-22)11-12-24-26-14-13-25(21(4)10-8-9-20(2)3)30(26,6)18-16-27(24)29/h20-27H,7-19H2,1-6H3,(H,31,32). The van der Waals surface area contributed by atoms with Crippen molar-refractivity contribution in [2.24, 2.45) is 58.2 Å². The second-order valence-electron chi connectivity index (χ2n) is 13.6. The van der Waals surface area contributed by atoms with Gasteiger partial charge in [-0.05, 0) is 117 Å². The number of rotatable bonds is 7. The molecule has 4 rings (SSSR count). The van der Waals surface area contributed by atoms with Gasteiger partial charge in [0.1, 0.15) is 0 Å². The van der Waals surface area contributed by atoms with Crippen LogP contribution in [0.25, 0.3) is 0 Å². The van der Waals surface area contributed by atoms with Gasteiger partial charge in [0.05, 0.1) is 0 Å². The van der Waals surface area contributed by atoms with Gasteiger partial charge in [-0.1, -0.05) is 53.9 Å². The Hall–Kier alpha value is -0.530. The minimum atomic E-state index is 0.279. The Bertz CT molecular complexity index is 657. The van der Waals surface area contributed by atoms with Crippen molar-refractivity contribution < 1.29 is 4.79 Å². The van der Waals surface area contributed by atoms with Crippen LogP contribution in [0.1, 0.15) is 119 Å². The molecule has 4 aliphatic rings. The number of fused-ring (bicyclic) bond motifs is 5. The smallest absolute Gasteiger partial charge is 0.223 e. The molecule has 0 aliphatic heterocycles. The van der Waals surface area contributed by atoms with Crippen LogP contribution in [0.2, 0.25) is 0 Å². The van der Waals surface area contributed by atoms with Gasteiger partial charge >= 0.3 is 0 Å². The Morgan fingerprint density at radius 2 is 1.62 bits per heavy atom. The molecule has 0 aromatic carbocycles. The summed E-state index contributed by atoms with van der Waals surface area (Å²) in [5.41, 5.74) is 1.09. The fraction of sp³-hybridized carbons (Fsp3) is 0.967. The lowest BCUT2D eigenvalue weighted by atomic mass is 9.44. The summed E-state index contributed by atoms with van der Waals surface area (Å²) in [6.45, 7) is 15.5. The van der Waals surface area contributed by atoms with Gasteiger partial charge in [0.2, 0.25) is 5.91 Å². The summed E-state index contributed by atoms with van der Waals surface area (Å²) in [5.74, 6) is 6.95. The summed E-state index contributed by atoms with van der Waals surface area (Å²) in [5, 5.41) is 3.11. The third-order valence-electron chi connectivity index (χ3n) is 11.6. The highest BCUT2D eigenvalue weighted by atomic mass is 16.1. The van der Waals surface area contributed by atoms with Gasteiger partial charge in [-0.3, -0.25) is 4.79 Å². The van der Waals surface area contributed by atoms with Crippen LogP contribution < -0.4 is 5.32 Å². The molecule has 0 bridgehead atoms. The minimum Gasteiger partial charge on any atom is -0.356 e. The van der Waals surface area contributed by atoms with Gasteiger partial charge < -0.3 is 5.32 Å². The zero-order valence-electron chi connectivity index (χ0n) is 22.2. The van der Waals surface area contributed by atoms with E-state index in [-0.39, 0.29) is 5.92 Å². The summed E-state index contributed by atoms with van der Waals surface area (Å²) < 4.78 is 0. The summed E-state index contributed by atoms with van der Waals surface area (Å²) in [6.07, 6.45) is 16.6. The van der Waals surface area contributed by atoms with E-state index in [2.05, 4.69) is 46.9 Å². The highest BCUT2D eigenvalue weighted by molar-refractivity contribution is 5.78. The maximum Gasteiger partial charge on any atom is 0.223 e. The average Bonchev–Trinajstić information content (AvgIpc) is 3.10. The van der Waals surface area contributed by atoms with E-state index >= 15 is 0 Å². The molecule has 4 saturated carbocycles. The minimum absolute atomic E-state index is 0.279. The fourth-order valence-electron chi connectivity index (χ4n) is 9.84. The molecule has 9 atom stereocenters. The number of amides is 1. The maximum absolute atomic E-state index is 12.6. The van der Waals surface area contributed by atoms with Crippen molar-refractivity contribution in [1.29, 1.82) is 0 Å². The highest BCUT2D eigenvalue weighted by Gasteiger charge is 2.60.